The molecule has 1 saturated heterocycles. The van der Waals surface area contributed by atoms with Gasteiger partial charge < -0.3 is 10.0 Å². The van der Waals surface area contributed by atoms with Crippen LogP contribution in [0.1, 0.15) is 33.1 Å². The molecule has 0 saturated carbocycles. The molecule has 0 bridgehead atoms. The molecule has 1 amide bonds. The lowest BCUT2D eigenvalue weighted by atomic mass is 10.2. The third kappa shape index (κ3) is 4.17. The summed E-state index contributed by atoms with van der Waals surface area (Å²) in [5.74, 6) is -1.58. The lowest BCUT2D eigenvalue weighted by molar-refractivity contribution is -0.148. The summed E-state index contributed by atoms with van der Waals surface area (Å²) in [5.41, 5.74) is 0. The van der Waals surface area contributed by atoms with Gasteiger partial charge in [-0.3, -0.25) is 4.79 Å². The molecule has 2 N–H and O–H groups in total. The van der Waals surface area contributed by atoms with Crippen LogP contribution in [0.2, 0.25) is 0 Å². The van der Waals surface area contributed by atoms with Crippen LogP contribution in [-0.2, 0) is 19.6 Å². The second kappa shape index (κ2) is 6.33. The molecular weight excluding hydrogens is 272 g/mol. The van der Waals surface area contributed by atoms with Gasteiger partial charge in [0.2, 0.25) is 15.9 Å². The van der Waals surface area contributed by atoms with Gasteiger partial charge in [0.1, 0.15) is 6.04 Å². The van der Waals surface area contributed by atoms with E-state index in [-0.39, 0.29) is 5.75 Å². The molecule has 7 nitrogen and oxygen atoms in total. The van der Waals surface area contributed by atoms with Crippen LogP contribution in [-0.4, -0.2) is 54.7 Å². The van der Waals surface area contributed by atoms with Crippen LogP contribution in [0.4, 0.5) is 0 Å². The Hall–Kier alpha value is -1.15. The van der Waals surface area contributed by atoms with Crippen LogP contribution in [0.3, 0.4) is 0 Å². The highest BCUT2D eigenvalue weighted by molar-refractivity contribution is 7.89. The molecule has 0 aliphatic carbocycles. The lowest BCUT2D eigenvalue weighted by Crippen LogP contribution is -2.50. The van der Waals surface area contributed by atoms with E-state index in [0.717, 1.165) is 0 Å². The Morgan fingerprint density at radius 1 is 1.47 bits per heavy atom. The molecule has 1 aliphatic heterocycles. The molecule has 1 rings (SSSR count). The number of amides is 1. The fourth-order valence-electron chi connectivity index (χ4n) is 2.18. The molecule has 1 heterocycles. The number of sulfonamides is 1. The Kier molecular flexibility index (Phi) is 5.30. The van der Waals surface area contributed by atoms with Crippen LogP contribution in [0.5, 0.6) is 0 Å². The number of nitrogens with one attached hydrogen (secondary N) is 1. The van der Waals surface area contributed by atoms with Crippen LogP contribution in [0.25, 0.3) is 0 Å². The van der Waals surface area contributed by atoms with Gasteiger partial charge in [-0.25, -0.2) is 17.9 Å². The van der Waals surface area contributed by atoms with Gasteiger partial charge in [-0.2, -0.15) is 0 Å². The number of carbonyl (C=O) groups is 2. The topological polar surface area (TPSA) is 104 Å². The number of hydrogen-bond acceptors (Lipinski definition) is 4. The van der Waals surface area contributed by atoms with Crippen LogP contribution >= 0.6 is 0 Å². The van der Waals surface area contributed by atoms with Crippen molar-refractivity contribution in [1.29, 1.82) is 0 Å². The Morgan fingerprint density at radius 3 is 2.63 bits per heavy atom. The molecule has 0 spiro atoms. The van der Waals surface area contributed by atoms with Crippen molar-refractivity contribution in [2.24, 2.45) is 0 Å². The van der Waals surface area contributed by atoms with Crippen molar-refractivity contribution in [3.05, 3.63) is 0 Å². The zero-order valence-electron chi connectivity index (χ0n) is 11.1. The van der Waals surface area contributed by atoms with Crippen molar-refractivity contribution in [3.63, 3.8) is 0 Å². The second-order valence-electron chi connectivity index (χ2n) is 4.69. The minimum atomic E-state index is -3.49. The fourth-order valence-corrected chi connectivity index (χ4v) is 3.48. The average molecular weight is 292 g/mol. The van der Waals surface area contributed by atoms with Gasteiger partial charge >= 0.3 is 5.97 Å². The van der Waals surface area contributed by atoms with Gasteiger partial charge in [-0.1, -0.05) is 6.92 Å². The van der Waals surface area contributed by atoms with E-state index in [4.69, 9.17) is 5.11 Å². The summed E-state index contributed by atoms with van der Waals surface area (Å²) < 4.78 is 25.4. The number of carbonyl (C=O) groups excluding carboxylic acids is 1. The number of carboxylic acid groups (broad SMARTS) is 1. The van der Waals surface area contributed by atoms with Crippen molar-refractivity contribution in [2.45, 2.75) is 45.2 Å². The molecule has 2 atom stereocenters. The molecule has 1 fully saturated rings. The lowest BCUT2D eigenvalue weighted by Gasteiger charge is -2.25. The van der Waals surface area contributed by atoms with Crippen LogP contribution < -0.4 is 4.72 Å². The number of hydrogen-bond donors (Lipinski definition) is 2. The van der Waals surface area contributed by atoms with E-state index in [2.05, 4.69) is 4.72 Å². The molecule has 0 aromatic rings. The van der Waals surface area contributed by atoms with Gasteiger partial charge in [0.15, 0.2) is 0 Å². The van der Waals surface area contributed by atoms with Crippen molar-refractivity contribution < 1.29 is 23.1 Å². The summed E-state index contributed by atoms with van der Waals surface area (Å²) in [5, 5.41) is 9.00. The Bertz CT molecular complexity index is 448. The predicted molar refractivity (Wildman–Crippen MR) is 69.0 cm³/mol. The standard InChI is InChI=1S/C11H20N2O5S/c1-3-7-19(17,18)12-8(2)10(14)13-6-4-5-9(13)11(15)16/h8-9,12H,3-7H2,1-2H3,(H,15,16)/t8?,9-/m0/s1. The number of rotatable bonds is 6. The summed E-state index contributed by atoms with van der Waals surface area (Å²) in [6, 6.07) is -1.78. The van der Waals surface area contributed by atoms with E-state index < -0.39 is 34.0 Å². The Morgan fingerprint density at radius 2 is 2.11 bits per heavy atom. The third-order valence-corrected chi connectivity index (χ3v) is 4.68. The first-order valence-corrected chi connectivity index (χ1v) is 7.97. The van der Waals surface area contributed by atoms with Crippen molar-refractivity contribution in [3.8, 4) is 0 Å². The van der Waals surface area contributed by atoms with Gasteiger partial charge in [0.05, 0.1) is 11.8 Å². The maximum atomic E-state index is 12.1. The van der Waals surface area contributed by atoms with Crippen LogP contribution in [0.15, 0.2) is 0 Å². The predicted octanol–water partition coefficient (Wildman–Crippen LogP) is -0.220. The summed E-state index contributed by atoms with van der Waals surface area (Å²) in [7, 11) is -3.49. The highest BCUT2D eigenvalue weighted by atomic mass is 32.2. The van der Waals surface area contributed by atoms with Crippen LogP contribution in [0, 0.1) is 0 Å². The number of likely N-dealkylation sites (tertiary alicyclic amines) is 1. The summed E-state index contributed by atoms with van der Waals surface area (Å²) >= 11 is 0. The Balaban J connectivity index is 2.69. The van der Waals surface area contributed by atoms with E-state index >= 15 is 0 Å². The minimum Gasteiger partial charge on any atom is -0.480 e. The smallest absolute Gasteiger partial charge is 0.326 e. The van der Waals surface area contributed by atoms with Gasteiger partial charge in [0, 0.05) is 6.54 Å². The van der Waals surface area contributed by atoms with Gasteiger partial charge in [-0.15, -0.1) is 0 Å². The molecule has 0 radical (unpaired) electrons. The van der Waals surface area contributed by atoms with Crippen molar-refractivity contribution in [1.82, 2.24) is 9.62 Å². The highest BCUT2D eigenvalue weighted by Crippen LogP contribution is 2.18. The molecule has 110 valence electrons. The Labute approximate surface area is 113 Å². The molecular formula is C11H20N2O5S. The molecule has 8 heteroatoms. The number of nitrogens with zero attached hydrogens (tertiary/aromatic N) is 1. The van der Waals surface area contributed by atoms with E-state index in [1.54, 1.807) is 6.92 Å². The van der Waals surface area contributed by atoms with E-state index in [9.17, 15) is 18.0 Å². The summed E-state index contributed by atoms with van der Waals surface area (Å²) in [6.45, 7) is 3.52. The van der Waals surface area contributed by atoms with Crippen molar-refractivity contribution >= 4 is 21.9 Å². The summed E-state index contributed by atoms with van der Waals surface area (Å²) in [6.07, 6.45) is 1.49. The van der Waals surface area contributed by atoms with E-state index in [1.165, 1.54) is 11.8 Å². The summed E-state index contributed by atoms with van der Waals surface area (Å²) in [4.78, 5) is 24.3. The maximum absolute atomic E-state index is 12.1. The second-order valence-corrected chi connectivity index (χ2v) is 6.56. The fraction of sp³-hybridized carbons (Fsp3) is 0.818. The van der Waals surface area contributed by atoms with Gasteiger partial charge in [-0.05, 0) is 26.2 Å². The average Bonchev–Trinajstić information content (AvgIpc) is 2.75. The SMILES string of the molecule is CCCS(=O)(=O)NC(C)C(=O)N1CCC[C@H]1C(=O)O. The molecule has 1 unspecified atom stereocenters. The number of carboxylic acids is 1. The third-order valence-electron chi connectivity index (χ3n) is 3.02. The van der Waals surface area contributed by atoms with E-state index in [0.29, 0.717) is 25.8 Å². The zero-order valence-corrected chi connectivity index (χ0v) is 11.9. The van der Waals surface area contributed by atoms with Gasteiger partial charge in [0.25, 0.3) is 0 Å². The monoisotopic (exact) mass is 292 g/mol. The minimum absolute atomic E-state index is 0.0486. The maximum Gasteiger partial charge on any atom is 0.326 e. The molecule has 1 aliphatic rings. The first-order chi connectivity index (χ1) is 8.78. The number of aliphatic carboxylic acids is 1. The van der Waals surface area contributed by atoms with Crippen molar-refractivity contribution in [2.75, 3.05) is 12.3 Å². The first-order valence-electron chi connectivity index (χ1n) is 6.31. The zero-order chi connectivity index (χ0) is 14.6. The quantitative estimate of drug-likeness (QED) is 0.704. The molecule has 19 heavy (non-hydrogen) atoms. The highest BCUT2D eigenvalue weighted by Gasteiger charge is 2.36. The van der Waals surface area contributed by atoms with E-state index in [1.807, 2.05) is 0 Å². The molecule has 0 aromatic carbocycles. The molecule has 0 aromatic heterocycles. The largest absolute Gasteiger partial charge is 0.480 e. The normalized spacial score (nSPS) is 21.4. The first kappa shape index (κ1) is 15.9.